The molecule has 1 saturated carbocycles. The Bertz CT molecular complexity index is 549. The molecule has 0 radical (unpaired) electrons. The van der Waals surface area contributed by atoms with Crippen molar-refractivity contribution in [2.75, 3.05) is 46.4 Å². The third kappa shape index (κ3) is 4.54. The molecule has 0 aromatic carbocycles. The summed E-state index contributed by atoms with van der Waals surface area (Å²) in [4.78, 5) is 41.4. The normalized spacial score (nSPS) is 27.5. The highest BCUT2D eigenvalue weighted by Crippen LogP contribution is 2.30. The molecule has 2 amide bonds. The number of amides is 2. The topological polar surface area (TPSA) is 90.4 Å². The van der Waals surface area contributed by atoms with Gasteiger partial charge in [-0.25, -0.2) is 0 Å². The van der Waals surface area contributed by atoms with Gasteiger partial charge in [-0.2, -0.15) is 0 Å². The van der Waals surface area contributed by atoms with E-state index >= 15 is 0 Å². The van der Waals surface area contributed by atoms with Gasteiger partial charge in [-0.15, -0.1) is 0 Å². The third-order valence-corrected chi connectivity index (χ3v) is 5.64. The zero-order chi connectivity index (χ0) is 18.7. The molecule has 2 heterocycles. The van der Waals surface area contributed by atoms with Crippen molar-refractivity contribution in [3.05, 3.63) is 0 Å². The minimum Gasteiger partial charge on any atom is -0.480 e. The fraction of sp³-hybridized carbons (Fsp3) is 0.833. The SMILES string of the molecule is CN(CC(=O)O)C[C@@H]1CN(C(=O)[C@H]2CC(=O)N(C3CCCC3)C2)CCO1. The van der Waals surface area contributed by atoms with Crippen LogP contribution in [0.3, 0.4) is 0 Å². The van der Waals surface area contributed by atoms with Crippen molar-refractivity contribution in [1.29, 1.82) is 0 Å². The Morgan fingerprint density at radius 2 is 2.00 bits per heavy atom. The second kappa shape index (κ2) is 8.35. The van der Waals surface area contributed by atoms with Gasteiger partial charge in [-0.3, -0.25) is 19.3 Å². The summed E-state index contributed by atoms with van der Waals surface area (Å²) in [5.74, 6) is -0.986. The van der Waals surface area contributed by atoms with Gasteiger partial charge in [-0.05, 0) is 19.9 Å². The lowest BCUT2D eigenvalue weighted by Crippen LogP contribution is -2.51. The van der Waals surface area contributed by atoms with E-state index in [9.17, 15) is 14.4 Å². The van der Waals surface area contributed by atoms with Crippen molar-refractivity contribution in [3.8, 4) is 0 Å². The number of hydrogen-bond acceptors (Lipinski definition) is 5. The standard InChI is InChI=1S/C18H29N3O5/c1-19(12-17(23)24)10-15-11-20(6-7-26-15)18(25)13-8-16(22)21(9-13)14-4-2-3-5-14/h13-15H,2-12H2,1H3,(H,23,24)/t13-,15+/m0/s1. The summed E-state index contributed by atoms with van der Waals surface area (Å²) in [5.41, 5.74) is 0. The van der Waals surface area contributed by atoms with Crippen LogP contribution in [-0.2, 0) is 19.1 Å². The first-order valence-electron chi connectivity index (χ1n) is 9.54. The monoisotopic (exact) mass is 367 g/mol. The van der Waals surface area contributed by atoms with E-state index in [1.807, 2.05) is 4.90 Å². The summed E-state index contributed by atoms with van der Waals surface area (Å²) >= 11 is 0. The zero-order valence-electron chi connectivity index (χ0n) is 15.4. The van der Waals surface area contributed by atoms with Crippen molar-refractivity contribution in [3.63, 3.8) is 0 Å². The Balaban J connectivity index is 1.52. The van der Waals surface area contributed by atoms with E-state index in [0.717, 1.165) is 12.8 Å². The molecular formula is C18H29N3O5. The molecule has 8 nitrogen and oxygen atoms in total. The maximum atomic E-state index is 12.9. The highest BCUT2D eigenvalue weighted by molar-refractivity contribution is 5.89. The first kappa shape index (κ1) is 19.1. The molecule has 3 rings (SSSR count). The quantitative estimate of drug-likeness (QED) is 0.712. The lowest BCUT2D eigenvalue weighted by Gasteiger charge is -2.35. The number of carbonyl (C=O) groups is 3. The number of likely N-dealkylation sites (N-methyl/N-ethyl adjacent to an activating group) is 1. The second-order valence-corrected chi connectivity index (χ2v) is 7.75. The molecule has 26 heavy (non-hydrogen) atoms. The molecule has 2 aliphatic heterocycles. The number of nitrogens with zero attached hydrogens (tertiary/aromatic N) is 3. The highest BCUT2D eigenvalue weighted by Gasteiger charge is 2.41. The number of aliphatic carboxylic acids is 1. The Morgan fingerprint density at radius 1 is 1.27 bits per heavy atom. The molecule has 2 atom stereocenters. The molecule has 1 aliphatic carbocycles. The Labute approximate surface area is 154 Å². The fourth-order valence-electron chi connectivity index (χ4n) is 4.40. The number of likely N-dealkylation sites (tertiary alicyclic amines) is 1. The lowest BCUT2D eigenvalue weighted by atomic mass is 10.1. The van der Waals surface area contributed by atoms with Crippen molar-refractivity contribution >= 4 is 17.8 Å². The Morgan fingerprint density at radius 3 is 2.69 bits per heavy atom. The molecule has 1 N–H and O–H groups in total. The van der Waals surface area contributed by atoms with Gasteiger partial charge in [-0.1, -0.05) is 12.8 Å². The second-order valence-electron chi connectivity index (χ2n) is 7.75. The summed E-state index contributed by atoms with van der Waals surface area (Å²) in [6.07, 6.45) is 4.57. The van der Waals surface area contributed by atoms with E-state index in [-0.39, 0.29) is 30.4 Å². The number of hydrogen-bond donors (Lipinski definition) is 1. The summed E-state index contributed by atoms with van der Waals surface area (Å²) in [5, 5.41) is 8.85. The first-order chi connectivity index (χ1) is 12.4. The van der Waals surface area contributed by atoms with Gasteiger partial charge in [0.25, 0.3) is 0 Å². The van der Waals surface area contributed by atoms with Crippen LogP contribution in [0.5, 0.6) is 0 Å². The van der Waals surface area contributed by atoms with Gasteiger partial charge in [0.1, 0.15) is 0 Å². The smallest absolute Gasteiger partial charge is 0.317 e. The predicted molar refractivity (Wildman–Crippen MR) is 93.5 cm³/mol. The molecule has 0 bridgehead atoms. The number of carboxylic acids is 1. The number of rotatable bonds is 6. The molecule has 3 fully saturated rings. The van der Waals surface area contributed by atoms with Crippen LogP contribution in [0.2, 0.25) is 0 Å². The molecule has 0 spiro atoms. The van der Waals surface area contributed by atoms with E-state index in [1.54, 1.807) is 16.8 Å². The van der Waals surface area contributed by atoms with E-state index in [4.69, 9.17) is 9.84 Å². The number of morpholine rings is 1. The largest absolute Gasteiger partial charge is 0.480 e. The number of carbonyl (C=O) groups excluding carboxylic acids is 2. The van der Waals surface area contributed by atoms with Crippen molar-refractivity contribution in [2.45, 2.75) is 44.2 Å². The van der Waals surface area contributed by atoms with Crippen LogP contribution in [0, 0.1) is 5.92 Å². The molecule has 0 aromatic rings. The molecule has 0 unspecified atom stereocenters. The van der Waals surface area contributed by atoms with E-state index in [0.29, 0.717) is 45.2 Å². The molecule has 8 heteroatoms. The van der Waals surface area contributed by atoms with Gasteiger partial charge in [0.15, 0.2) is 0 Å². The van der Waals surface area contributed by atoms with E-state index in [2.05, 4.69) is 0 Å². The average Bonchev–Trinajstić information content (AvgIpc) is 3.22. The third-order valence-electron chi connectivity index (χ3n) is 5.64. The van der Waals surface area contributed by atoms with E-state index in [1.165, 1.54) is 12.8 Å². The maximum absolute atomic E-state index is 12.9. The Kier molecular flexibility index (Phi) is 6.13. The molecule has 146 valence electrons. The van der Waals surface area contributed by atoms with Gasteiger partial charge in [0.05, 0.1) is 25.2 Å². The van der Waals surface area contributed by atoms with Crippen molar-refractivity contribution < 1.29 is 24.2 Å². The predicted octanol–water partition coefficient (Wildman–Crippen LogP) is 0.0213. The molecular weight excluding hydrogens is 338 g/mol. The average molecular weight is 367 g/mol. The van der Waals surface area contributed by atoms with Gasteiger partial charge in [0.2, 0.25) is 11.8 Å². The summed E-state index contributed by atoms with van der Waals surface area (Å²) in [6.45, 7) is 2.39. The van der Waals surface area contributed by atoms with Gasteiger partial charge < -0.3 is 19.6 Å². The van der Waals surface area contributed by atoms with Gasteiger partial charge >= 0.3 is 5.97 Å². The fourth-order valence-corrected chi connectivity index (χ4v) is 4.40. The first-order valence-corrected chi connectivity index (χ1v) is 9.54. The summed E-state index contributed by atoms with van der Waals surface area (Å²) in [6, 6.07) is 0.322. The lowest BCUT2D eigenvalue weighted by molar-refractivity contribution is -0.145. The number of ether oxygens (including phenoxy) is 1. The summed E-state index contributed by atoms with van der Waals surface area (Å²) in [7, 11) is 1.73. The van der Waals surface area contributed by atoms with Crippen LogP contribution in [-0.4, -0.2) is 96.1 Å². The van der Waals surface area contributed by atoms with Crippen molar-refractivity contribution in [1.82, 2.24) is 14.7 Å². The Hall–Kier alpha value is -1.67. The summed E-state index contributed by atoms with van der Waals surface area (Å²) < 4.78 is 5.69. The maximum Gasteiger partial charge on any atom is 0.317 e. The molecule has 3 aliphatic rings. The van der Waals surface area contributed by atoms with Crippen LogP contribution in [0.4, 0.5) is 0 Å². The van der Waals surface area contributed by atoms with Crippen molar-refractivity contribution in [2.24, 2.45) is 5.92 Å². The highest BCUT2D eigenvalue weighted by atomic mass is 16.5. The minimum atomic E-state index is -0.882. The zero-order valence-corrected chi connectivity index (χ0v) is 15.4. The van der Waals surface area contributed by atoms with Crippen LogP contribution in [0.25, 0.3) is 0 Å². The number of carboxylic acid groups (broad SMARTS) is 1. The van der Waals surface area contributed by atoms with Crippen LogP contribution in [0.15, 0.2) is 0 Å². The molecule has 0 aromatic heterocycles. The van der Waals surface area contributed by atoms with Gasteiger partial charge in [0, 0.05) is 38.6 Å². The molecule has 2 saturated heterocycles. The van der Waals surface area contributed by atoms with Crippen LogP contribution >= 0.6 is 0 Å². The van der Waals surface area contributed by atoms with Crippen LogP contribution in [0.1, 0.15) is 32.1 Å². The van der Waals surface area contributed by atoms with Crippen LogP contribution < -0.4 is 0 Å². The van der Waals surface area contributed by atoms with E-state index < -0.39 is 5.97 Å². The minimum absolute atomic E-state index is 0.0352.